The van der Waals surface area contributed by atoms with Crippen molar-refractivity contribution >= 4 is 5.97 Å². The van der Waals surface area contributed by atoms with Crippen LogP contribution in [0.1, 0.15) is 42.7 Å². The van der Waals surface area contributed by atoms with E-state index in [-0.39, 0.29) is 23.9 Å². The van der Waals surface area contributed by atoms with Crippen LogP contribution in [-0.4, -0.2) is 44.3 Å². The molecule has 30 heavy (non-hydrogen) atoms. The van der Waals surface area contributed by atoms with Crippen LogP contribution < -0.4 is 9.47 Å². The molecule has 1 aliphatic heterocycles. The standard InChI is InChI=1S/C25H31NO4/c1-28-23-13-12-19(14-24(23)30-20-10-6-7-11-20)21-16-26(17-22(21)25(27)29-2)15-18-8-4-3-5-9-18/h3-5,8-9,12-14,20-22H,6-7,10-11,15-17H2,1-2H3/t21-,22-/m1/s1. The van der Waals surface area contributed by atoms with Crippen molar-refractivity contribution in [2.45, 2.75) is 44.2 Å². The van der Waals surface area contributed by atoms with E-state index in [1.54, 1.807) is 7.11 Å². The normalized spacial score (nSPS) is 22.2. The molecule has 160 valence electrons. The molecule has 2 aliphatic rings. The minimum atomic E-state index is -0.188. The van der Waals surface area contributed by atoms with E-state index < -0.39 is 0 Å². The third-order valence-electron chi connectivity index (χ3n) is 6.36. The number of benzene rings is 2. The first-order valence-electron chi connectivity index (χ1n) is 10.9. The van der Waals surface area contributed by atoms with E-state index >= 15 is 0 Å². The van der Waals surface area contributed by atoms with E-state index in [0.29, 0.717) is 6.54 Å². The molecule has 0 radical (unpaired) electrons. The van der Waals surface area contributed by atoms with Crippen LogP contribution in [0.4, 0.5) is 0 Å². The predicted octanol–water partition coefficient (Wildman–Crippen LogP) is 4.41. The Balaban J connectivity index is 1.57. The molecular weight excluding hydrogens is 378 g/mol. The molecule has 0 spiro atoms. The Labute approximate surface area is 178 Å². The molecule has 0 amide bonds. The van der Waals surface area contributed by atoms with Gasteiger partial charge in [0.05, 0.1) is 26.2 Å². The van der Waals surface area contributed by atoms with Crippen LogP contribution in [0.2, 0.25) is 0 Å². The van der Waals surface area contributed by atoms with Gasteiger partial charge in [-0.25, -0.2) is 0 Å². The van der Waals surface area contributed by atoms with Crippen molar-refractivity contribution in [2.75, 3.05) is 27.3 Å². The number of nitrogens with zero attached hydrogens (tertiary/aromatic N) is 1. The summed E-state index contributed by atoms with van der Waals surface area (Å²) in [5.41, 5.74) is 2.36. The highest BCUT2D eigenvalue weighted by molar-refractivity contribution is 5.74. The molecule has 0 N–H and O–H groups in total. The number of rotatable bonds is 7. The van der Waals surface area contributed by atoms with Gasteiger partial charge in [0.1, 0.15) is 0 Å². The molecule has 4 rings (SSSR count). The number of carbonyl (C=O) groups is 1. The zero-order valence-electron chi connectivity index (χ0n) is 17.9. The van der Waals surface area contributed by atoms with E-state index in [1.165, 1.54) is 25.5 Å². The number of carbonyl (C=O) groups excluding carboxylic acids is 1. The van der Waals surface area contributed by atoms with Gasteiger partial charge in [0.25, 0.3) is 0 Å². The number of hydrogen-bond acceptors (Lipinski definition) is 5. The second kappa shape index (κ2) is 9.52. The van der Waals surface area contributed by atoms with E-state index in [1.807, 2.05) is 12.1 Å². The molecule has 0 unspecified atom stereocenters. The van der Waals surface area contributed by atoms with Crippen molar-refractivity contribution in [3.05, 3.63) is 59.7 Å². The number of esters is 1. The van der Waals surface area contributed by atoms with Gasteiger partial charge in [0, 0.05) is 25.6 Å². The first-order valence-corrected chi connectivity index (χ1v) is 10.9. The SMILES string of the molecule is COC(=O)[C@@H]1CN(Cc2ccccc2)C[C@@H]1c1ccc(OC)c(OC2CCCC2)c1. The molecule has 1 heterocycles. The van der Waals surface area contributed by atoms with E-state index in [2.05, 4.69) is 41.3 Å². The highest BCUT2D eigenvalue weighted by Crippen LogP contribution is 2.39. The summed E-state index contributed by atoms with van der Waals surface area (Å²) in [5, 5.41) is 0. The largest absolute Gasteiger partial charge is 0.493 e. The molecule has 2 atom stereocenters. The Morgan fingerprint density at radius 2 is 1.77 bits per heavy atom. The van der Waals surface area contributed by atoms with Gasteiger partial charge in [-0.15, -0.1) is 0 Å². The van der Waals surface area contributed by atoms with Gasteiger partial charge >= 0.3 is 5.97 Å². The van der Waals surface area contributed by atoms with E-state index in [0.717, 1.165) is 43.0 Å². The molecule has 5 nitrogen and oxygen atoms in total. The topological polar surface area (TPSA) is 48.0 Å². The summed E-state index contributed by atoms with van der Waals surface area (Å²) in [4.78, 5) is 14.9. The fourth-order valence-electron chi connectivity index (χ4n) is 4.79. The second-order valence-electron chi connectivity index (χ2n) is 8.35. The molecule has 5 heteroatoms. The van der Waals surface area contributed by atoms with Gasteiger partial charge in [0.2, 0.25) is 0 Å². The Bertz CT molecular complexity index is 847. The smallest absolute Gasteiger partial charge is 0.310 e. The molecule has 0 bridgehead atoms. The van der Waals surface area contributed by atoms with Gasteiger partial charge in [0.15, 0.2) is 11.5 Å². The third kappa shape index (κ3) is 4.62. The first-order chi connectivity index (χ1) is 14.7. The summed E-state index contributed by atoms with van der Waals surface area (Å²) in [6.45, 7) is 2.33. The van der Waals surface area contributed by atoms with Crippen molar-refractivity contribution in [3.8, 4) is 11.5 Å². The fourth-order valence-corrected chi connectivity index (χ4v) is 4.79. The lowest BCUT2D eigenvalue weighted by Crippen LogP contribution is -2.24. The first kappa shape index (κ1) is 20.7. The predicted molar refractivity (Wildman–Crippen MR) is 116 cm³/mol. The van der Waals surface area contributed by atoms with Crippen molar-refractivity contribution in [2.24, 2.45) is 5.92 Å². The van der Waals surface area contributed by atoms with Gasteiger partial charge < -0.3 is 14.2 Å². The second-order valence-corrected chi connectivity index (χ2v) is 8.35. The summed E-state index contributed by atoms with van der Waals surface area (Å²) in [6.07, 6.45) is 4.87. The molecular formula is C25H31NO4. The molecule has 1 saturated carbocycles. The van der Waals surface area contributed by atoms with E-state index in [9.17, 15) is 4.79 Å². The average molecular weight is 410 g/mol. The zero-order valence-corrected chi connectivity index (χ0v) is 17.9. The zero-order chi connectivity index (χ0) is 20.9. The van der Waals surface area contributed by atoms with Crippen molar-refractivity contribution in [1.29, 1.82) is 0 Å². The van der Waals surface area contributed by atoms with Gasteiger partial charge in [-0.1, -0.05) is 36.4 Å². The molecule has 1 saturated heterocycles. The minimum Gasteiger partial charge on any atom is -0.493 e. The lowest BCUT2D eigenvalue weighted by Gasteiger charge is -2.21. The quantitative estimate of drug-likeness (QED) is 0.634. The lowest BCUT2D eigenvalue weighted by molar-refractivity contribution is -0.145. The molecule has 2 fully saturated rings. The summed E-state index contributed by atoms with van der Waals surface area (Å²) >= 11 is 0. The maximum atomic E-state index is 12.6. The fraction of sp³-hybridized carbons (Fsp3) is 0.480. The third-order valence-corrected chi connectivity index (χ3v) is 6.36. The number of methoxy groups -OCH3 is 2. The Morgan fingerprint density at radius 3 is 2.47 bits per heavy atom. The van der Waals surface area contributed by atoms with Crippen molar-refractivity contribution in [3.63, 3.8) is 0 Å². The van der Waals surface area contributed by atoms with Crippen LogP contribution in [0.3, 0.4) is 0 Å². The van der Waals surface area contributed by atoms with Crippen LogP contribution >= 0.6 is 0 Å². The summed E-state index contributed by atoms with van der Waals surface area (Å²) < 4.78 is 17.0. The summed E-state index contributed by atoms with van der Waals surface area (Å²) in [7, 11) is 3.15. The van der Waals surface area contributed by atoms with Crippen LogP contribution in [-0.2, 0) is 16.1 Å². The highest BCUT2D eigenvalue weighted by atomic mass is 16.5. The average Bonchev–Trinajstić information content (AvgIpc) is 3.44. The number of likely N-dealkylation sites (tertiary alicyclic amines) is 1. The van der Waals surface area contributed by atoms with E-state index in [4.69, 9.17) is 14.2 Å². The molecule has 2 aromatic rings. The maximum absolute atomic E-state index is 12.6. The van der Waals surface area contributed by atoms with Crippen LogP contribution in [0.25, 0.3) is 0 Å². The number of hydrogen-bond donors (Lipinski definition) is 0. The molecule has 2 aromatic carbocycles. The Hall–Kier alpha value is -2.53. The Morgan fingerprint density at radius 1 is 1.00 bits per heavy atom. The highest BCUT2D eigenvalue weighted by Gasteiger charge is 2.39. The van der Waals surface area contributed by atoms with Gasteiger partial charge in [-0.3, -0.25) is 9.69 Å². The van der Waals surface area contributed by atoms with Crippen molar-refractivity contribution < 1.29 is 19.0 Å². The van der Waals surface area contributed by atoms with Crippen LogP contribution in [0, 0.1) is 5.92 Å². The number of ether oxygens (including phenoxy) is 3. The summed E-state index contributed by atoms with van der Waals surface area (Å²) in [5.74, 6) is 1.26. The lowest BCUT2D eigenvalue weighted by atomic mass is 9.89. The van der Waals surface area contributed by atoms with Gasteiger partial charge in [-0.2, -0.15) is 0 Å². The van der Waals surface area contributed by atoms with Crippen LogP contribution in [0.5, 0.6) is 11.5 Å². The van der Waals surface area contributed by atoms with Crippen molar-refractivity contribution in [1.82, 2.24) is 4.90 Å². The molecule has 0 aromatic heterocycles. The van der Waals surface area contributed by atoms with Gasteiger partial charge in [-0.05, 0) is 48.9 Å². The molecule has 1 aliphatic carbocycles. The minimum absolute atomic E-state index is 0.0676. The maximum Gasteiger partial charge on any atom is 0.310 e. The summed E-state index contributed by atoms with van der Waals surface area (Å²) in [6, 6.07) is 16.5. The Kier molecular flexibility index (Phi) is 6.58. The monoisotopic (exact) mass is 409 g/mol. The van der Waals surface area contributed by atoms with Crippen LogP contribution in [0.15, 0.2) is 48.5 Å².